The molecule has 4 aromatic rings. The fourth-order valence-corrected chi connectivity index (χ4v) is 3.48. The third-order valence-corrected chi connectivity index (χ3v) is 4.87. The first-order chi connectivity index (χ1) is 12.7. The van der Waals surface area contributed by atoms with Crippen molar-refractivity contribution in [2.75, 3.05) is 5.32 Å². The molecule has 7 heteroatoms. The molecule has 128 valence electrons. The van der Waals surface area contributed by atoms with Gasteiger partial charge in [0.25, 0.3) is 0 Å². The number of amides is 1. The molecule has 5 nitrogen and oxygen atoms in total. The number of rotatable bonds is 5. The number of hydrogen-bond acceptors (Lipinski definition) is 4. The van der Waals surface area contributed by atoms with Crippen LogP contribution >= 0.6 is 22.9 Å². The number of nitrogens with one attached hydrogen (secondary N) is 1. The van der Waals surface area contributed by atoms with E-state index in [1.54, 1.807) is 22.9 Å². The zero-order valence-corrected chi connectivity index (χ0v) is 15.0. The Hall–Kier alpha value is -2.96. The molecular weight excluding hydrogens is 368 g/mol. The Kier molecular flexibility index (Phi) is 4.51. The topological polar surface area (TPSA) is 59.8 Å². The summed E-state index contributed by atoms with van der Waals surface area (Å²) < 4.78 is 1.63. The van der Waals surface area contributed by atoms with Crippen molar-refractivity contribution >= 4 is 35.2 Å². The highest BCUT2D eigenvalue weighted by Gasteiger charge is 2.14. The number of aromatic nitrogens is 3. The summed E-state index contributed by atoms with van der Waals surface area (Å²) in [5, 5.41) is 10.6. The number of anilines is 1. The van der Waals surface area contributed by atoms with E-state index in [2.05, 4.69) is 15.4 Å². The van der Waals surface area contributed by atoms with Crippen molar-refractivity contribution in [3.05, 3.63) is 71.1 Å². The Morgan fingerprint density at radius 1 is 1.00 bits per heavy atom. The van der Waals surface area contributed by atoms with Crippen LogP contribution in [0.1, 0.15) is 0 Å². The predicted molar refractivity (Wildman–Crippen MR) is 105 cm³/mol. The van der Waals surface area contributed by atoms with Gasteiger partial charge >= 0.3 is 0 Å². The standard InChI is InChI=1S/C19H13ClN4OS/c20-15-8-6-14(7-9-15)16-10-18(21-12-25)24(23-16)19-22-17(11-26-19)13-4-2-1-3-5-13/h1-12H,(H,21,25). The second-order valence-corrected chi connectivity index (χ2v) is 6.75. The summed E-state index contributed by atoms with van der Waals surface area (Å²) in [7, 11) is 0. The number of nitrogens with zero attached hydrogens (tertiary/aromatic N) is 3. The van der Waals surface area contributed by atoms with Crippen molar-refractivity contribution in [3.63, 3.8) is 0 Å². The Balaban J connectivity index is 1.75. The van der Waals surface area contributed by atoms with Crippen molar-refractivity contribution < 1.29 is 4.79 Å². The molecule has 0 fully saturated rings. The molecule has 0 radical (unpaired) electrons. The van der Waals surface area contributed by atoms with Crippen LogP contribution in [0.25, 0.3) is 27.6 Å². The first-order valence-electron chi connectivity index (χ1n) is 7.82. The van der Waals surface area contributed by atoms with E-state index >= 15 is 0 Å². The molecule has 0 aliphatic heterocycles. The summed E-state index contributed by atoms with van der Waals surface area (Å²) >= 11 is 7.41. The van der Waals surface area contributed by atoms with Crippen LogP contribution in [0.15, 0.2) is 66.0 Å². The minimum atomic E-state index is 0.555. The second-order valence-electron chi connectivity index (χ2n) is 5.48. The largest absolute Gasteiger partial charge is 0.313 e. The first kappa shape index (κ1) is 16.5. The highest BCUT2D eigenvalue weighted by atomic mass is 35.5. The summed E-state index contributed by atoms with van der Waals surface area (Å²) in [6.07, 6.45) is 0.630. The van der Waals surface area contributed by atoms with Crippen LogP contribution in [0.3, 0.4) is 0 Å². The van der Waals surface area contributed by atoms with Gasteiger partial charge in [0, 0.05) is 27.6 Å². The third-order valence-electron chi connectivity index (χ3n) is 3.80. The number of carbonyl (C=O) groups excluding carboxylic acids is 1. The van der Waals surface area contributed by atoms with Crippen LogP contribution in [0.5, 0.6) is 0 Å². The van der Waals surface area contributed by atoms with Crippen molar-refractivity contribution in [2.45, 2.75) is 0 Å². The molecule has 0 spiro atoms. The molecule has 2 heterocycles. The molecule has 0 aliphatic carbocycles. The van der Waals surface area contributed by atoms with Crippen LogP contribution in [-0.2, 0) is 4.79 Å². The zero-order valence-electron chi connectivity index (χ0n) is 13.5. The number of halogens is 1. The normalized spacial score (nSPS) is 10.7. The quantitative estimate of drug-likeness (QED) is 0.502. The summed E-state index contributed by atoms with van der Waals surface area (Å²) in [5.41, 5.74) is 3.53. The number of thiazole rings is 1. The molecule has 0 unspecified atom stereocenters. The lowest BCUT2D eigenvalue weighted by Gasteiger charge is -2.01. The van der Waals surface area contributed by atoms with Gasteiger partial charge in [-0.2, -0.15) is 9.78 Å². The number of benzene rings is 2. The van der Waals surface area contributed by atoms with Crippen LogP contribution in [0, 0.1) is 0 Å². The number of carbonyl (C=O) groups is 1. The van der Waals surface area contributed by atoms with Gasteiger partial charge in [-0.3, -0.25) is 4.79 Å². The molecule has 4 rings (SSSR count). The maximum absolute atomic E-state index is 11.0. The lowest BCUT2D eigenvalue weighted by Crippen LogP contribution is -2.04. The molecule has 26 heavy (non-hydrogen) atoms. The summed E-state index contributed by atoms with van der Waals surface area (Å²) in [6, 6.07) is 19.1. The highest BCUT2D eigenvalue weighted by Crippen LogP contribution is 2.29. The van der Waals surface area contributed by atoms with Crippen LogP contribution in [0.2, 0.25) is 5.02 Å². The average Bonchev–Trinajstić information content (AvgIpc) is 3.31. The second kappa shape index (κ2) is 7.11. The van der Waals surface area contributed by atoms with E-state index in [1.165, 1.54) is 11.3 Å². The molecule has 0 saturated carbocycles. The lowest BCUT2D eigenvalue weighted by atomic mass is 10.1. The molecule has 0 saturated heterocycles. The fraction of sp³-hybridized carbons (Fsp3) is 0. The highest BCUT2D eigenvalue weighted by molar-refractivity contribution is 7.12. The molecule has 0 bridgehead atoms. The molecule has 1 N–H and O–H groups in total. The minimum absolute atomic E-state index is 0.555. The zero-order chi connectivity index (χ0) is 17.9. The van der Waals surface area contributed by atoms with Gasteiger partial charge in [0.1, 0.15) is 5.82 Å². The Bertz CT molecular complexity index is 1040. The van der Waals surface area contributed by atoms with Gasteiger partial charge in [-0.1, -0.05) is 54.1 Å². The van der Waals surface area contributed by atoms with Crippen LogP contribution in [0.4, 0.5) is 5.82 Å². The van der Waals surface area contributed by atoms with Gasteiger partial charge < -0.3 is 5.32 Å². The molecule has 2 aromatic carbocycles. The van der Waals surface area contributed by atoms with Crippen molar-refractivity contribution in [1.82, 2.24) is 14.8 Å². The Labute approximate surface area is 158 Å². The summed E-state index contributed by atoms with van der Waals surface area (Å²) in [6.45, 7) is 0. The van der Waals surface area contributed by atoms with Crippen LogP contribution in [-0.4, -0.2) is 21.2 Å². The summed E-state index contributed by atoms with van der Waals surface area (Å²) in [4.78, 5) is 15.6. The van der Waals surface area contributed by atoms with Gasteiger partial charge in [-0.15, -0.1) is 11.3 Å². The number of hydrogen-bond donors (Lipinski definition) is 1. The van der Waals surface area contributed by atoms with Gasteiger partial charge in [0.2, 0.25) is 11.5 Å². The predicted octanol–water partition coefficient (Wildman–Crippen LogP) is 4.88. The van der Waals surface area contributed by atoms with Crippen molar-refractivity contribution in [3.8, 4) is 27.6 Å². The van der Waals surface area contributed by atoms with E-state index < -0.39 is 0 Å². The van der Waals surface area contributed by atoms with Gasteiger partial charge in [-0.05, 0) is 12.1 Å². The van der Waals surface area contributed by atoms with E-state index in [1.807, 2.05) is 47.8 Å². The minimum Gasteiger partial charge on any atom is -0.313 e. The summed E-state index contributed by atoms with van der Waals surface area (Å²) in [5.74, 6) is 0.555. The first-order valence-corrected chi connectivity index (χ1v) is 9.08. The Morgan fingerprint density at radius 3 is 2.46 bits per heavy atom. The van der Waals surface area contributed by atoms with Crippen molar-refractivity contribution in [1.29, 1.82) is 0 Å². The molecular formula is C19H13ClN4OS. The SMILES string of the molecule is O=CNc1cc(-c2ccc(Cl)cc2)nn1-c1nc(-c2ccccc2)cs1. The van der Waals surface area contributed by atoms with Gasteiger partial charge in [0.15, 0.2) is 0 Å². The van der Waals surface area contributed by atoms with E-state index in [9.17, 15) is 4.79 Å². The van der Waals surface area contributed by atoms with E-state index in [0.29, 0.717) is 22.4 Å². The Morgan fingerprint density at radius 2 is 1.73 bits per heavy atom. The van der Waals surface area contributed by atoms with Crippen LogP contribution < -0.4 is 5.32 Å². The smallest absolute Gasteiger partial charge is 0.212 e. The molecule has 0 atom stereocenters. The lowest BCUT2D eigenvalue weighted by molar-refractivity contribution is -0.105. The van der Waals surface area contributed by atoms with Crippen molar-refractivity contribution in [2.24, 2.45) is 0 Å². The maximum Gasteiger partial charge on any atom is 0.212 e. The van der Waals surface area contributed by atoms with E-state index in [0.717, 1.165) is 22.5 Å². The molecule has 2 aromatic heterocycles. The van der Waals surface area contributed by atoms with Gasteiger partial charge in [0.05, 0.1) is 11.4 Å². The maximum atomic E-state index is 11.0. The van der Waals surface area contributed by atoms with E-state index in [4.69, 9.17) is 11.6 Å². The average molecular weight is 381 g/mol. The van der Waals surface area contributed by atoms with E-state index in [-0.39, 0.29) is 0 Å². The monoisotopic (exact) mass is 380 g/mol. The third kappa shape index (κ3) is 3.24. The fourth-order valence-electron chi connectivity index (χ4n) is 2.55. The van der Waals surface area contributed by atoms with Gasteiger partial charge in [-0.25, -0.2) is 4.98 Å². The molecule has 1 amide bonds. The molecule has 0 aliphatic rings.